The van der Waals surface area contributed by atoms with Crippen molar-refractivity contribution in [3.8, 4) is 5.75 Å². The Kier molecular flexibility index (Phi) is 4.77. The van der Waals surface area contributed by atoms with Crippen molar-refractivity contribution in [3.05, 3.63) is 66.4 Å². The summed E-state index contributed by atoms with van der Waals surface area (Å²) in [7, 11) is 3.09. The standard InChI is InChI=1S/C23H21N5O5/c1-25-20-19(21(31)27(23(25)32)13-18(29)30)26-12-16(14-8-4-3-5-9-14)28(22(26)24-20)15-10-6-7-11-17(15)33-2/h3-12,19-20H,13H2,1-2H3,(H,29,30). The molecule has 1 saturated heterocycles. The first-order valence-corrected chi connectivity index (χ1v) is 10.3. The van der Waals surface area contributed by atoms with Gasteiger partial charge in [-0.3, -0.25) is 24.3 Å². The number of carbonyl (C=O) groups excluding carboxylic acids is 2. The zero-order valence-electron chi connectivity index (χ0n) is 18.0. The summed E-state index contributed by atoms with van der Waals surface area (Å²) in [6, 6.07) is 15.5. The van der Waals surface area contributed by atoms with Crippen molar-refractivity contribution < 1.29 is 24.2 Å². The van der Waals surface area contributed by atoms with Crippen molar-refractivity contribution in [2.24, 2.45) is 4.99 Å². The number of methoxy groups -OCH3 is 1. The minimum absolute atomic E-state index is 0.457. The van der Waals surface area contributed by atoms with Crippen LogP contribution < -0.4 is 9.64 Å². The predicted molar refractivity (Wildman–Crippen MR) is 119 cm³/mol. The van der Waals surface area contributed by atoms with Crippen LogP contribution in [0.2, 0.25) is 0 Å². The second-order valence-electron chi connectivity index (χ2n) is 7.79. The molecular weight excluding hydrogens is 426 g/mol. The topological polar surface area (TPSA) is 106 Å². The van der Waals surface area contributed by atoms with Gasteiger partial charge in [0.2, 0.25) is 5.96 Å². The average Bonchev–Trinajstić information content (AvgIpc) is 3.37. The van der Waals surface area contributed by atoms with E-state index in [4.69, 9.17) is 9.73 Å². The molecule has 1 N–H and O–H groups in total. The minimum Gasteiger partial charge on any atom is -0.495 e. The number of amides is 3. The molecule has 0 radical (unpaired) electrons. The van der Waals surface area contributed by atoms with Gasteiger partial charge in [0.05, 0.1) is 18.5 Å². The molecular formula is C23H21N5O5. The third-order valence-corrected chi connectivity index (χ3v) is 5.90. The third-order valence-electron chi connectivity index (χ3n) is 5.90. The summed E-state index contributed by atoms with van der Waals surface area (Å²) in [5, 5.41) is 9.21. The lowest BCUT2D eigenvalue weighted by atomic mass is 10.1. The highest BCUT2D eigenvalue weighted by molar-refractivity contribution is 6.17. The molecule has 2 unspecified atom stereocenters. The molecule has 10 heteroatoms. The van der Waals surface area contributed by atoms with Gasteiger partial charge in [-0.2, -0.15) is 0 Å². The van der Waals surface area contributed by atoms with E-state index in [1.165, 1.54) is 11.9 Å². The number of para-hydroxylation sites is 2. The fraction of sp³-hybridized carbons (Fsp3) is 0.217. The SMILES string of the molecule is COc1ccccc1N1C(c2ccccc2)=CN2C1=NC1C2C(=O)N(CC(=O)O)C(=O)N1C. The average molecular weight is 447 g/mol. The fourth-order valence-corrected chi connectivity index (χ4v) is 4.38. The number of hydrogen-bond acceptors (Lipinski definition) is 7. The molecule has 5 rings (SSSR count). The van der Waals surface area contributed by atoms with Crippen LogP contribution in [0.1, 0.15) is 5.56 Å². The van der Waals surface area contributed by atoms with Crippen molar-refractivity contribution in [2.75, 3.05) is 25.6 Å². The summed E-state index contributed by atoms with van der Waals surface area (Å²) in [4.78, 5) is 47.7. The molecule has 3 heterocycles. The normalized spacial score (nSPS) is 21.6. The highest BCUT2D eigenvalue weighted by Crippen LogP contribution is 2.42. The molecule has 2 atom stereocenters. The Hall–Kier alpha value is -4.34. The van der Waals surface area contributed by atoms with Gasteiger partial charge in [0.25, 0.3) is 5.91 Å². The van der Waals surface area contributed by atoms with Crippen molar-refractivity contribution in [1.82, 2.24) is 14.7 Å². The largest absolute Gasteiger partial charge is 0.495 e. The van der Waals surface area contributed by atoms with Crippen LogP contribution in [0.3, 0.4) is 0 Å². The van der Waals surface area contributed by atoms with Gasteiger partial charge in [0.1, 0.15) is 12.3 Å². The van der Waals surface area contributed by atoms with Crippen LogP contribution in [0.15, 0.2) is 65.8 Å². The maximum absolute atomic E-state index is 13.3. The number of aliphatic carboxylic acids is 1. The molecule has 1 fully saturated rings. The molecule has 0 aromatic heterocycles. The van der Waals surface area contributed by atoms with Gasteiger partial charge in [-0.25, -0.2) is 9.79 Å². The Balaban J connectivity index is 1.64. The fourth-order valence-electron chi connectivity index (χ4n) is 4.38. The van der Waals surface area contributed by atoms with Crippen LogP contribution in [-0.2, 0) is 9.59 Å². The number of benzene rings is 2. The number of aliphatic imine (C=N–C) groups is 1. The van der Waals surface area contributed by atoms with Crippen molar-refractivity contribution in [1.29, 1.82) is 0 Å². The number of carbonyl (C=O) groups is 3. The summed E-state index contributed by atoms with van der Waals surface area (Å²) in [6.07, 6.45) is 1.03. The molecule has 168 valence electrons. The quantitative estimate of drug-likeness (QED) is 0.746. The number of anilines is 1. The van der Waals surface area contributed by atoms with Gasteiger partial charge in [0.15, 0.2) is 12.2 Å². The van der Waals surface area contributed by atoms with Crippen molar-refractivity contribution in [2.45, 2.75) is 12.2 Å². The summed E-state index contributed by atoms with van der Waals surface area (Å²) < 4.78 is 5.58. The molecule has 3 aliphatic rings. The lowest BCUT2D eigenvalue weighted by molar-refractivity contribution is -0.146. The summed E-state index contributed by atoms with van der Waals surface area (Å²) in [6.45, 7) is -0.708. The van der Waals surface area contributed by atoms with Gasteiger partial charge in [-0.15, -0.1) is 0 Å². The van der Waals surface area contributed by atoms with E-state index in [-0.39, 0.29) is 0 Å². The molecule has 0 bridgehead atoms. The lowest BCUT2D eigenvalue weighted by Crippen LogP contribution is -2.65. The molecule has 10 nitrogen and oxygen atoms in total. The maximum atomic E-state index is 13.3. The monoisotopic (exact) mass is 447 g/mol. The molecule has 3 amide bonds. The second kappa shape index (κ2) is 7.66. The van der Waals surface area contributed by atoms with Gasteiger partial charge in [0, 0.05) is 18.8 Å². The number of urea groups is 1. The van der Waals surface area contributed by atoms with Gasteiger partial charge < -0.3 is 14.7 Å². The number of hydrogen-bond donors (Lipinski definition) is 1. The van der Waals surface area contributed by atoms with Crippen LogP contribution in [0.4, 0.5) is 10.5 Å². The van der Waals surface area contributed by atoms with E-state index in [2.05, 4.69) is 0 Å². The molecule has 0 aliphatic carbocycles. The molecule has 33 heavy (non-hydrogen) atoms. The van der Waals surface area contributed by atoms with E-state index < -0.39 is 36.7 Å². The van der Waals surface area contributed by atoms with E-state index in [0.29, 0.717) is 11.7 Å². The molecule has 3 aliphatic heterocycles. The van der Waals surface area contributed by atoms with Crippen molar-refractivity contribution >= 4 is 35.3 Å². The first-order valence-electron chi connectivity index (χ1n) is 10.3. The number of likely N-dealkylation sites (N-methyl/N-ethyl adjacent to an activating group) is 1. The number of nitrogens with zero attached hydrogens (tertiary/aromatic N) is 5. The molecule has 0 saturated carbocycles. The Morgan fingerprint density at radius 1 is 1.09 bits per heavy atom. The van der Waals surface area contributed by atoms with E-state index in [1.54, 1.807) is 12.0 Å². The van der Waals surface area contributed by atoms with Gasteiger partial charge in [-0.05, 0) is 12.1 Å². The number of ether oxygens (including phenoxy) is 1. The zero-order chi connectivity index (χ0) is 23.3. The summed E-state index contributed by atoms with van der Waals surface area (Å²) in [5.74, 6) is -0.796. The van der Waals surface area contributed by atoms with E-state index in [9.17, 15) is 19.5 Å². The molecule has 2 aromatic carbocycles. The first-order chi connectivity index (χ1) is 15.9. The van der Waals surface area contributed by atoms with E-state index in [1.807, 2.05) is 65.7 Å². The second-order valence-corrected chi connectivity index (χ2v) is 7.79. The Labute approximate surface area is 189 Å². The Morgan fingerprint density at radius 2 is 1.79 bits per heavy atom. The third kappa shape index (κ3) is 3.10. The number of fused-ring (bicyclic) bond motifs is 3. The summed E-state index contributed by atoms with van der Waals surface area (Å²) in [5.41, 5.74) is 2.39. The van der Waals surface area contributed by atoms with Crippen LogP contribution in [0.25, 0.3) is 5.70 Å². The van der Waals surface area contributed by atoms with Crippen LogP contribution in [0.5, 0.6) is 5.75 Å². The van der Waals surface area contributed by atoms with Gasteiger partial charge >= 0.3 is 12.0 Å². The summed E-state index contributed by atoms with van der Waals surface area (Å²) >= 11 is 0. The molecule has 2 aromatic rings. The number of rotatable bonds is 5. The van der Waals surface area contributed by atoms with Crippen molar-refractivity contribution in [3.63, 3.8) is 0 Å². The Bertz CT molecular complexity index is 1210. The number of carboxylic acids is 1. The van der Waals surface area contributed by atoms with Crippen LogP contribution in [0, 0.1) is 0 Å². The van der Waals surface area contributed by atoms with Crippen LogP contribution >= 0.6 is 0 Å². The maximum Gasteiger partial charge on any atom is 0.328 e. The predicted octanol–water partition coefficient (Wildman–Crippen LogP) is 1.86. The Morgan fingerprint density at radius 3 is 2.48 bits per heavy atom. The highest BCUT2D eigenvalue weighted by Gasteiger charge is 2.55. The van der Waals surface area contributed by atoms with E-state index in [0.717, 1.165) is 21.8 Å². The first kappa shape index (κ1) is 20.6. The highest BCUT2D eigenvalue weighted by atomic mass is 16.5. The minimum atomic E-state index is -1.26. The zero-order valence-corrected chi connectivity index (χ0v) is 18.0. The molecule has 0 spiro atoms. The lowest BCUT2D eigenvalue weighted by Gasteiger charge is -2.39. The van der Waals surface area contributed by atoms with Gasteiger partial charge in [-0.1, -0.05) is 42.5 Å². The number of carboxylic acid groups (broad SMARTS) is 1. The smallest absolute Gasteiger partial charge is 0.328 e. The van der Waals surface area contributed by atoms with E-state index >= 15 is 0 Å². The number of guanidine groups is 1. The number of imide groups is 1. The van der Waals surface area contributed by atoms with Crippen LogP contribution in [-0.4, -0.2) is 76.6 Å².